The summed E-state index contributed by atoms with van der Waals surface area (Å²) < 4.78 is 0. The maximum Gasteiger partial charge on any atom is 0.0193 e. The summed E-state index contributed by atoms with van der Waals surface area (Å²) in [6, 6.07) is 1.64. The third-order valence-electron chi connectivity index (χ3n) is 4.06. The molecule has 82 valence electrons. The number of nitrogens with one attached hydrogen (secondary N) is 1. The van der Waals surface area contributed by atoms with Gasteiger partial charge in [0.2, 0.25) is 0 Å². The Labute approximate surface area is 88.1 Å². The second-order valence-electron chi connectivity index (χ2n) is 5.03. The van der Waals surface area contributed by atoms with Crippen molar-refractivity contribution < 1.29 is 0 Å². The number of rotatable bonds is 2. The maximum atomic E-state index is 3.60. The van der Waals surface area contributed by atoms with Gasteiger partial charge in [-0.3, -0.25) is 4.90 Å². The van der Waals surface area contributed by atoms with E-state index in [-0.39, 0.29) is 0 Å². The van der Waals surface area contributed by atoms with E-state index in [1.54, 1.807) is 0 Å². The third-order valence-corrected chi connectivity index (χ3v) is 4.06. The summed E-state index contributed by atoms with van der Waals surface area (Å²) in [5.41, 5.74) is 0. The lowest BCUT2D eigenvalue weighted by molar-refractivity contribution is 0.120. The molecule has 2 rings (SSSR count). The van der Waals surface area contributed by atoms with Gasteiger partial charge in [-0.25, -0.2) is 0 Å². The molecule has 2 aliphatic rings. The maximum absolute atomic E-state index is 3.60. The second-order valence-corrected chi connectivity index (χ2v) is 5.03. The van der Waals surface area contributed by atoms with Gasteiger partial charge in [-0.05, 0) is 25.2 Å². The van der Waals surface area contributed by atoms with Crippen LogP contribution in [0, 0.1) is 5.92 Å². The third kappa shape index (κ3) is 2.12. The van der Waals surface area contributed by atoms with Crippen LogP contribution >= 0.6 is 0 Å². The molecule has 0 aromatic carbocycles. The highest BCUT2D eigenvalue weighted by Gasteiger charge is 2.31. The summed E-state index contributed by atoms with van der Waals surface area (Å²) in [7, 11) is 0. The minimum atomic E-state index is 0.747. The standard InChI is InChI=1S/C12H24N2/c1-3-11-9-14(8-7-13-11)12-6-4-5-10(12)2/h10-13H,3-9H2,1-2H3. The van der Waals surface area contributed by atoms with Gasteiger partial charge in [0.05, 0.1) is 0 Å². The van der Waals surface area contributed by atoms with Crippen LogP contribution in [0.1, 0.15) is 39.5 Å². The fourth-order valence-corrected chi connectivity index (χ4v) is 3.09. The van der Waals surface area contributed by atoms with E-state index in [1.165, 1.54) is 45.3 Å². The van der Waals surface area contributed by atoms with Crippen LogP contribution in [0.2, 0.25) is 0 Å². The van der Waals surface area contributed by atoms with Gasteiger partial charge in [0.25, 0.3) is 0 Å². The topological polar surface area (TPSA) is 15.3 Å². The first-order chi connectivity index (χ1) is 6.81. The SMILES string of the molecule is CCC1CN(C2CCCC2C)CCN1. The summed E-state index contributed by atoms with van der Waals surface area (Å²) in [5.74, 6) is 0.936. The van der Waals surface area contributed by atoms with Crippen molar-refractivity contribution in [1.82, 2.24) is 10.2 Å². The van der Waals surface area contributed by atoms with Crippen LogP contribution in [0.15, 0.2) is 0 Å². The molecule has 3 unspecified atom stereocenters. The molecule has 0 aromatic rings. The molecular weight excluding hydrogens is 172 g/mol. The molecule has 2 fully saturated rings. The molecule has 1 aliphatic heterocycles. The van der Waals surface area contributed by atoms with E-state index in [0.717, 1.165) is 18.0 Å². The first-order valence-corrected chi connectivity index (χ1v) is 6.28. The number of piperazine rings is 1. The quantitative estimate of drug-likeness (QED) is 0.725. The molecule has 1 saturated heterocycles. The number of hydrogen-bond donors (Lipinski definition) is 1. The summed E-state index contributed by atoms with van der Waals surface area (Å²) in [6.45, 7) is 8.47. The molecule has 0 aromatic heterocycles. The van der Waals surface area contributed by atoms with E-state index < -0.39 is 0 Å². The second kappa shape index (κ2) is 4.63. The van der Waals surface area contributed by atoms with Crippen LogP contribution < -0.4 is 5.32 Å². The highest BCUT2D eigenvalue weighted by molar-refractivity contribution is 4.88. The zero-order chi connectivity index (χ0) is 9.97. The Kier molecular flexibility index (Phi) is 3.45. The van der Waals surface area contributed by atoms with Crippen molar-refractivity contribution in [3.8, 4) is 0 Å². The molecule has 1 saturated carbocycles. The van der Waals surface area contributed by atoms with Crippen LogP contribution in [0.3, 0.4) is 0 Å². The average molecular weight is 196 g/mol. The van der Waals surface area contributed by atoms with Crippen LogP contribution in [-0.2, 0) is 0 Å². The summed E-state index contributed by atoms with van der Waals surface area (Å²) in [5, 5.41) is 3.60. The fourth-order valence-electron chi connectivity index (χ4n) is 3.09. The first kappa shape index (κ1) is 10.4. The van der Waals surface area contributed by atoms with E-state index in [0.29, 0.717) is 0 Å². The summed E-state index contributed by atoms with van der Waals surface area (Å²) in [6.07, 6.45) is 5.62. The van der Waals surface area contributed by atoms with Crippen molar-refractivity contribution >= 4 is 0 Å². The lowest BCUT2D eigenvalue weighted by atomic mass is 10.0. The van der Waals surface area contributed by atoms with E-state index in [4.69, 9.17) is 0 Å². The normalized spacial score (nSPS) is 40.3. The Morgan fingerprint density at radius 3 is 2.86 bits per heavy atom. The molecule has 0 spiro atoms. The van der Waals surface area contributed by atoms with Crippen molar-refractivity contribution in [2.24, 2.45) is 5.92 Å². The largest absolute Gasteiger partial charge is 0.311 e. The molecule has 0 radical (unpaired) electrons. The van der Waals surface area contributed by atoms with E-state index in [9.17, 15) is 0 Å². The predicted molar refractivity (Wildman–Crippen MR) is 60.5 cm³/mol. The van der Waals surface area contributed by atoms with Crippen LogP contribution in [0.4, 0.5) is 0 Å². The molecule has 3 atom stereocenters. The Bertz CT molecular complexity index is 181. The highest BCUT2D eigenvalue weighted by Crippen LogP contribution is 2.30. The smallest absolute Gasteiger partial charge is 0.0193 e. The Balaban J connectivity index is 1.90. The molecular formula is C12H24N2. The van der Waals surface area contributed by atoms with Gasteiger partial charge in [-0.1, -0.05) is 20.3 Å². The fraction of sp³-hybridized carbons (Fsp3) is 1.00. The number of hydrogen-bond acceptors (Lipinski definition) is 2. The van der Waals surface area contributed by atoms with Crippen LogP contribution in [0.25, 0.3) is 0 Å². The molecule has 1 aliphatic carbocycles. The van der Waals surface area contributed by atoms with Gasteiger partial charge < -0.3 is 5.32 Å². The molecule has 14 heavy (non-hydrogen) atoms. The van der Waals surface area contributed by atoms with E-state index in [1.807, 2.05) is 0 Å². The molecule has 2 nitrogen and oxygen atoms in total. The van der Waals surface area contributed by atoms with Crippen molar-refractivity contribution in [1.29, 1.82) is 0 Å². The number of nitrogens with zero attached hydrogens (tertiary/aromatic N) is 1. The minimum Gasteiger partial charge on any atom is -0.311 e. The van der Waals surface area contributed by atoms with Crippen molar-refractivity contribution in [3.05, 3.63) is 0 Å². The summed E-state index contributed by atoms with van der Waals surface area (Å²) >= 11 is 0. The van der Waals surface area contributed by atoms with Gasteiger partial charge in [-0.2, -0.15) is 0 Å². The first-order valence-electron chi connectivity index (χ1n) is 6.28. The van der Waals surface area contributed by atoms with Gasteiger partial charge >= 0.3 is 0 Å². The molecule has 2 heteroatoms. The monoisotopic (exact) mass is 196 g/mol. The van der Waals surface area contributed by atoms with Crippen molar-refractivity contribution in [2.45, 2.75) is 51.6 Å². The Morgan fingerprint density at radius 2 is 2.21 bits per heavy atom. The Hall–Kier alpha value is -0.0800. The van der Waals surface area contributed by atoms with E-state index >= 15 is 0 Å². The highest BCUT2D eigenvalue weighted by atomic mass is 15.2. The van der Waals surface area contributed by atoms with Gasteiger partial charge in [0.15, 0.2) is 0 Å². The van der Waals surface area contributed by atoms with Gasteiger partial charge in [0, 0.05) is 31.7 Å². The lowest BCUT2D eigenvalue weighted by Gasteiger charge is -2.39. The molecule has 1 heterocycles. The van der Waals surface area contributed by atoms with Gasteiger partial charge in [0.1, 0.15) is 0 Å². The Morgan fingerprint density at radius 1 is 1.36 bits per heavy atom. The molecule has 1 N–H and O–H groups in total. The molecule has 0 amide bonds. The molecule has 0 bridgehead atoms. The lowest BCUT2D eigenvalue weighted by Crippen LogP contribution is -2.54. The van der Waals surface area contributed by atoms with Gasteiger partial charge in [-0.15, -0.1) is 0 Å². The van der Waals surface area contributed by atoms with E-state index in [2.05, 4.69) is 24.1 Å². The zero-order valence-electron chi connectivity index (χ0n) is 9.63. The van der Waals surface area contributed by atoms with Crippen LogP contribution in [0.5, 0.6) is 0 Å². The predicted octanol–water partition coefficient (Wildman–Crippen LogP) is 1.86. The van der Waals surface area contributed by atoms with Crippen LogP contribution in [-0.4, -0.2) is 36.6 Å². The summed E-state index contributed by atoms with van der Waals surface area (Å²) in [4.78, 5) is 2.74. The zero-order valence-corrected chi connectivity index (χ0v) is 9.63. The van der Waals surface area contributed by atoms with Crippen molar-refractivity contribution in [3.63, 3.8) is 0 Å². The van der Waals surface area contributed by atoms with Crippen molar-refractivity contribution in [2.75, 3.05) is 19.6 Å². The minimum absolute atomic E-state index is 0.747. The average Bonchev–Trinajstić information content (AvgIpc) is 2.65.